The van der Waals surface area contributed by atoms with Gasteiger partial charge in [-0.2, -0.15) is 0 Å². The van der Waals surface area contributed by atoms with E-state index in [1.165, 1.54) is 7.11 Å². The number of aromatic hydroxyl groups is 1. The summed E-state index contributed by atoms with van der Waals surface area (Å²) in [7, 11) is 1.48. The molecule has 0 aliphatic carbocycles. The molecule has 1 saturated heterocycles. The van der Waals surface area contributed by atoms with Crippen LogP contribution in [0, 0.1) is 0 Å². The summed E-state index contributed by atoms with van der Waals surface area (Å²) in [6, 6.07) is 5.00. The lowest BCUT2D eigenvalue weighted by molar-refractivity contribution is 0.0634. The van der Waals surface area contributed by atoms with Crippen molar-refractivity contribution >= 4 is 5.91 Å². The Hall–Kier alpha value is -1.75. The first-order valence-corrected chi connectivity index (χ1v) is 7.05. The van der Waals surface area contributed by atoms with Gasteiger partial charge in [-0.25, -0.2) is 0 Å². The number of amides is 1. The number of phenolic OH excluding ortho intramolecular Hbond substituents is 1. The lowest BCUT2D eigenvalue weighted by atomic mass is 10.1. The minimum atomic E-state index is -0.127. The van der Waals surface area contributed by atoms with Crippen molar-refractivity contribution in [2.75, 3.05) is 39.8 Å². The second kappa shape index (κ2) is 6.61. The van der Waals surface area contributed by atoms with Crippen LogP contribution in [-0.2, 0) is 0 Å². The number of carbonyl (C=O) groups excluding carboxylic acids is 1. The van der Waals surface area contributed by atoms with Gasteiger partial charge in [-0.15, -0.1) is 0 Å². The van der Waals surface area contributed by atoms with Crippen LogP contribution < -0.4 is 4.74 Å². The van der Waals surface area contributed by atoms with Gasteiger partial charge in [0.05, 0.1) is 12.7 Å². The summed E-state index contributed by atoms with van der Waals surface area (Å²) in [5.74, 6) is 0.133. The molecule has 0 radical (unpaired) electrons. The first-order valence-electron chi connectivity index (χ1n) is 7.05. The van der Waals surface area contributed by atoms with Crippen LogP contribution in [0.25, 0.3) is 0 Å². The number of piperazine rings is 1. The van der Waals surface area contributed by atoms with E-state index in [0.717, 1.165) is 26.1 Å². The lowest BCUT2D eigenvalue weighted by Gasteiger charge is -2.34. The van der Waals surface area contributed by atoms with Crippen LogP contribution in [0.15, 0.2) is 18.2 Å². The Morgan fingerprint density at radius 3 is 2.60 bits per heavy atom. The van der Waals surface area contributed by atoms with Gasteiger partial charge < -0.3 is 14.7 Å². The smallest absolute Gasteiger partial charge is 0.257 e. The highest BCUT2D eigenvalue weighted by molar-refractivity contribution is 5.97. The molecule has 1 aromatic rings. The summed E-state index contributed by atoms with van der Waals surface area (Å²) < 4.78 is 5.04. The third kappa shape index (κ3) is 3.04. The molecule has 1 aromatic carbocycles. The Balaban J connectivity index is 2.06. The number of hydrogen-bond acceptors (Lipinski definition) is 4. The van der Waals surface area contributed by atoms with Crippen molar-refractivity contribution in [2.45, 2.75) is 13.3 Å². The standard InChI is InChI=1S/C15H22N2O3/c1-3-7-16-8-10-17(11-9-16)15(19)12-5-4-6-13(20-2)14(12)18/h4-6,18H,3,7-11H2,1-2H3. The van der Waals surface area contributed by atoms with E-state index >= 15 is 0 Å². The lowest BCUT2D eigenvalue weighted by Crippen LogP contribution is -2.48. The molecule has 1 aliphatic heterocycles. The average Bonchev–Trinajstić information content (AvgIpc) is 2.48. The number of nitrogens with zero attached hydrogens (tertiary/aromatic N) is 2. The van der Waals surface area contributed by atoms with Gasteiger partial charge in [0.15, 0.2) is 11.5 Å². The molecule has 1 N–H and O–H groups in total. The van der Waals surface area contributed by atoms with Crippen LogP contribution in [0.5, 0.6) is 11.5 Å². The Labute approximate surface area is 119 Å². The second-order valence-electron chi connectivity index (χ2n) is 4.99. The maximum Gasteiger partial charge on any atom is 0.257 e. The van der Waals surface area contributed by atoms with E-state index in [9.17, 15) is 9.90 Å². The first-order chi connectivity index (χ1) is 9.67. The third-order valence-corrected chi connectivity index (χ3v) is 3.65. The predicted octanol–water partition coefficient (Wildman–Crippen LogP) is 1.57. The molecule has 110 valence electrons. The predicted molar refractivity (Wildman–Crippen MR) is 77.3 cm³/mol. The number of ether oxygens (including phenoxy) is 1. The average molecular weight is 278 g/mol. The SMILES string of the molecule is CCCN1CCN(C(=O)c2cccc(OC)c2O)CC1. The van der Waals surface area contributed by atoms with Crippen molar-refractivity contribution in [1.82, 2.24) is 9.80 Å². The molecule has 1 amide bonds. The highest BCUT2D eigenvalue weighted by Crippen LogP contribution is 2.30. The molecule has 0 spiro atoms. The maximum absolute atomic E-state index is 12.4. The summed E-state index contributed by atoms with van der Waals surface area (Å²) in [6.07, 6.45) is 1.13. The molecule has 0 aromatic heterocycles. The molecule has 5 heteroatoms. The molecule has 0 saturated carbocycles. The summed E-state index contributed by atoms with van der Waals surface area (Å²) in [5, 5.41) is 10.0. The highest BCUT2D eigenvalue weighted by atomic mass is 16.5. The van der Waals surface area contributed by atoms with E-state index in [1.807, 2.05) is 0 Å². The van der Waals surface area contributed by atoms with Gasteiger partial charge in [0, 0.05) is 26.2 Å². The second-order valence-corrected chi connectivity index (χ2v) is 4.99. The molecule has 2 rings (SSSR count). The fourth-order valence-electron chi connectivity index (χ4n) is 2.52. The molecule has 20 heavy (non-hydrogen) atoms. The monoisotopic (exact) mass is 278 g/mol. The zero-order valence-corrected chi connectivity index (χ0v) is 12.1. The number of rotatable bonds is 4. The van der Waals surface area contributed by atoms with Crippen LogP contribution in [0.2, 0.25) is 0 Å². The fraction of sp³-hybridized carbons (Fsp3) is 0.533. The zero-order chi connectivity index (χ0) is 14.5. The highest BCUT2D eigenvalue weighted by Gasteiger charge is 2.24. The normalized spacial score (nSPS) is 16.2. The van der Waals surface area contributed by atoms with Gasteiger partial charge in [0.2, 0.25) is 0 Å². The Kier molecular flexibility index (Phi) is 4.84. The fourth-order valence-corrected chi connectivity index (χ4v) is 2.52. The molecule has 0 atom stereocenters. The Morgan fingerprint density at radius 2 is 2.00 bits per heavy atom. The van der Waals surface area contributed by atoms with Gasteiger partial charge in [-0.3, -0.25) is 9.69 Å². The summed E-state index contributed by atoms with van der Waals surface area (Å²) >= 11 is 0. The van der Waals surface area contributed by atoms with Crippen LogP contribution in [0.4, 0.5) is 0 Å². The van der Waals surface area contributed by atoms with Gasteiger partial charge in [0.1, 0.15) is 0 Å². The number of methoxy groups -OCH3 is 1. The molecule has 0 unspecified atom stereocenters. The number of phenols is 1. The molecule has 1 fully saturated rings. The van der Waals surface area contributed by atoms with Crippen molar-refractivity contribution in [1.29, 1.82) is 0 Å². The Bertz CT molecular complexity index is 468. The molecular weight excluding hydrogens is 256 g/mol. The molecule has 0 bridgehead atoms. The van der Waals surface area contributed by atoms with E-state index in [0.29, 0.717) is 24.4 Å². The number of hydrogen-bond donors (Lipinski definition) is 1. The van der Waals surface area contributed by atoms with Crippen molar-refractivity contribution in [3.8, 4) is 11.5 Å². The topological polar surface area (TPSA) is 53.0 Å². The van der Waals surface area contributed by atoms with Crippen LogP contribution in [0.3, 0.4) is 0 Å². The largest absolute Gasteiger partial charge is 0.504 e. The van der Waals surface area contributed by atoms with Gasteiger partial charge >= 0.3 is 0 Å². The van der Waals surface area contributed by atoms with Gasteiger partial charge in [-0.05, 0) is 25.1 Å². The molecular formula is C15H22N2O3. The minimum absolute atomic E-state index is 0.0732. The zero-order valence-electron chi connectivity index (χ0n) is 12.1. The van der Waals surface area contributed by atoms with Crippen LogP contribution in [0.1, 0.15) is 23.7 Å². The van der Waals surface area contributed by atoms with Crippen molar-refractivity contribution in [3.05, 3.63) is 23.8 Å². The van der Waals surface area contributed by atoms with Gasteiger partial charge in [0.25, 0.3) is 5.91 Å². The Morgan fingerprint density at radius 1 is 1.30 bits per heavy atom. The van der Waals surface area contributed by atoms with Gasteiger partial charge in [-0.1, -0.05) is 13.0 Å². The van der Waals surface area contributed by atoms with E-state index in [2.05, 4.69) is 11.8 Å². The summed E-state index contributed by atoms with van der Waals surface area (Å²) in [5.41, 5.74) is 0.313. The quantitative estimate of drug-likeness (QED) is 0.908. The summed E-state index contributed by atoms with van der Waals surface area (Å²) in [4.78, 5) is 16.6. The summed E-state index contributed by atoms with van der Waals surface area (Å²) in [6.45, 7) is 6.43. The third-order valence-electron chi connectivity index (χ3n) is 3.65. The molecule has 5 nitrogen and oxygen atoms in total. The van der Waals surface area contributed by atoms with Crippen LogP contribution >= 0.6 is 0 Å². The van der Waals surface area contributed by atoms with Crippen molar-refractivity contribution in [2.24, 2.45) is 0 Å². The minimum Gasteiger partial charge on any atom is -0.504 e. The number of carbonyl (C=O) groups is 1. The van der Waals surface area contributed by atoms with E-state index < -0.39 is 0 Å². The maximum atomic E-state index is 12.4. The first kappa shape index (κ1) is 14.7. The van der Waals surface area contributed by atoms with E-state index in [4.69, 9.17) is 4.74 Å². The van der Waals surface area contributed by atoms with Crippen molar-refractivity contribution in [3.63, 3.8) is 0 Å². The van der Waals surface area contributed by atoms with E-state index in [-0.39, 0.29) is 11.7 Å². The van der Waals surface area contributed by atoms with Crippen molar-refractivity contribution < 1.29 is 14.6 Å². The number of benzene rings is 1. The van der Waals surface area contributed by atoms with Crippen LogP contribution in [-0.4, -0.2) is 60.6 Å². The molecule has 1 heterocycles. The number of para-hydroxylation sites is 1. The molecule has 1 aliphatic rings. The van der Waals surface area contributed by atoms with E-state index in [1.54, 1.807) is 23.1 Å².